The summed E-state index contributed by atoms with van der Waals surface area (Å²) in [6, 6.07) is 19.1. The normalized spacial score (nSPS) is 15.1. The molecule has 1 heterocycles. The van der Waals surface area contributed by atoms with Crippen molar-refractivity contribution in [3.05, 3.63) is 95.6 Å². The Morgan fingerprint density at radius 2 is 1.63 bits per heavy atom. The number of benzene rings is 3. The third kappa shape index (κ3) is 3.29. The Balaban J connectivity index is 1.85. The zero-order chi connectivity index (χ0) is 21.5. The van der Waals surface area contributed by atoms with Crippen molar-refractivity contribution in [3.8, 4) is 0 Å². The van der Waals surface area contributed by atoms with Crippen LogP contribution in [0.3, 0.4) is 0 Å². The molecule has 0 bridgehead atoms. The van der Waals surface area contributed by atoms with Crippen molar-refractivity contribution in [1.82, 2.24) is 0 Å². The topological polar surface area (TPSA) is 57.7 Å². The number of para-hydroxylation sites is 1. The third-order valence-corrected chi connectivity index (χ3v) is 6.94. The van der Waals surface area contributed by atoms with Gasteiger partial charge in [0.05, 0.1) is 17.9 Å². The van der Waals surface area contributed by atoms with E-state index in [0.717, 1.165) is 26.6 Å². The molecule has 5 nitrogen and oxygen atoms in total. The number of hydrogen-bond donors (Lipinski definition) is 0. The Kier molecular flexibility index (Phi) is 4.95. The highest BCUT2D eigenvalue weighted by Gasteiger charge is 2.42. The fraction of sp³-hybridized carbons (Fsp3) is 0.125. The monoisotopic (exact) mass is 418 g/mol. The molecule has 3 aromatic carbocycles. The van der Waals surface area contributed by atoms with E-state index in [1.165, 1.54) is 4.90 Å². The van der Waals surface area contributed by atoms with E-state index in [2.05, 4.69) is 6.58 Å². The molecule has 0 aromatic heterocycles. The second-order valence-electron chi connectivity index (χ2n) is 7.34. The molecule has 0 unspecified atom stereocenters. The number of carbonyl (C=O) groups excluding carboxylic acids is 1. The fourth-order valence-corrected chi connectivity index (χ4v) is 5.33. The van der Waals surface area contributed by atoms with Crippen molar-refractivity contribution in [2.45, 2.75) is 25.3 Å². The number of aryl methyl sites for hydroxylation is 2. The smallest absolute Gasteiger partial charge is 0.287 e. The van der Waals surface area contributed by atoms with Gasteiger partial charge in [0, 0.05) is 0 Å². The number of nitrogens with zero attached hydrogens (tertiary/aromatic N) is 2. The van der Waals surface area contributed by atoms with Crippen LogP contribution in [0.4, 0.5) is 16.2 Å². The summed E-state index contributed by atoms with van der Waals surface area (Å²) < 4.78 is 27.7. The van der Waals surface area contributed by atoms with E-state index in [4.69, 9.17) is 0 Å². The van der Waals surface area contributed by atoms with Gasteiger partial charge in [-0.1, -0.05) is 66.7 Å². The molecule has 1 aliphatic rings. The zero-order valence-electron chi connectivity index (χ0n) is 16.9. The van der Waals surface area contributed by atoms with Crippen LogP contribution < -0.4 is 9.21 Å². The minimum Gasteiger partial charge on any atom is -0.287 e. The number of sulfonamides is 1. The molecule has 0 aliphatic carbocycles. The average molecular weight is 419 g/mol. The first kappa shape index (κ1) is 19.9. The molecular weight excluding hydrogens is 396 g/mol. The molecule has 4 rings (SSSR count). The summed E-state index contributed by atoms with van der Waals surface area (Å²) in [7, 11) is -4.03. The number of urea groups is 1. The molecule has 0 atom stereocenters. The second-order valence-corrected chi connectivity index (χ2v) is 9.10. The van der Waals surface area contributed by atoms with Crippen molar-refractivity contribution in [3.63, 3.8) is 0 Å². The molecule has 0 saturated heterocycles. The summed E-state index contributed by atoms with van der Waals surface area (Å²) >= 11 is 0. The SMILES string of the molecule is C=Cc1ccc(CN2C(=O)N(c3ccc(C)cc3C)S(=O)(=O)c3ccccc32)cc1. The summed E-state index contributed by atoms with van der Waals surface area (Å²) in [5, 5.41) is 0. The van der Waals surface area contributed by atoms with E-state index in [-0.39, 0.29) is 11.4 Å². The number of hydrogen-bond acceptors (Lipinski definition) is 3. The van der Waals surface area contributed by atoms with Crippen LogP contribution in [0, 0.1) is 13.8 Å². The van der Waals surface area contributed by atoms with Crippen LogP contribution in [0.1, 0.15) is 22.3 Å². The summed E-state index contributed by atoms with van der Waals surface area (Å²) in [4.78, 5) is 15.2. The summed E-state index contributed by atoms with van der Waals surface area (Å²) in [5.41, 5.74) is 4.34. The number of carbonyl (C=O) groups is 1. The molecule has 152 valence electrons. The maximum atomic E-state index is 13.5. The predicted molar refractivity (Wildman–Crippen MR) is 120 cm³/mol. The van der Waals surface area contributed by atoms with Crippen molar-refractivity contribution in [1.29, 1.82) is 0 Å². The molecule has 0 spiro atoms. The lowest BCUT2D eigenvalue weighted by Gasteiger charge is -2.36. The van der Waals surface area contributed by atoms with Gasteiger partial charge in [-0.15, -0.1) is 0 Å². The summed E-state index contributed by atoms with van der Waals surface area (Å²) in [6.45, 7) is 7.75. The average Bonchev–Trinajstić information content (AvgIpc) is 2.73. The first-order chi connectivity index (χ1) is 14.3. The third-order valence-electron chi connectivity index (χ3n) is 5.21. The van der Waals surface area contributed by atoms with Gasteiger partial charge in [-0.2, -0.15) is 4.31 Å². The first-order valence-electron chi connectivity index (χ1n) is 9.57. The lowest BCUT2D eigenvalue weighted by molar-refractivity contribution is 0.253. The Labute approximate surface area is 176 Å². The Morgan fingerprint density at radius 1 is 0.933 bits per heavy atom. The van der Waals surface area contributed by atoms with Gasteiger partial charge in [-0.05, 0) is 48.7 Å². The minimum absolute atomic E-state index is 0.118. The lowest BCUT2D eigenvalue weighted by atomic mass is 10.1. The molecule has 1 aliphatic heterocycles. The highest BCUT2D eigenvalue weighted by molar-refractivity contribution is 7.94. The van der Waals surface area contributed by atoms with Gasteiger partial charge in [0.1, 0.15) is 4.90 Å². The number of rotatable bonds is 4. The minimum atomic E-state index is -4.03. The van der Waals surface area contributed by atoms with Crippen LogP contribution in [0.2, 0.25) is 0 Å². The molecule has 0 saturated carbocycles. The number of fused-ring (bicyclic) bond motifs is 1. The van der Waals surface area contributed by atoms with E-state index >= 15 is 0 Å². The van der Waals surface area contributed by atoms with Crippen molar-refractivity contribution in [2.24, 2.45) is 0 Å². The first-order valence-corrected chi connectivity index (χ1v) is 11.0. The molecule has 2 amide bonds. The fourth-order valence-electron chi connectivity index (χ4n) is 3.67. The highest BCUT2D eigenvalue weighted by atomic mass is 32.2. The molecule has 0 radical (unpaired) electrons. The van der Waals surface area contributed by atoms with E-state index in [0.29, 0.717) is 11.4 Å². The van der Waals surface area contributed by atoms with Crippen LogP contribution in [0.15, 0.2) is 78.2 Å². The standard InChI is InChI=1S/C24H22N2O3S/c1-4-19-10-12-20(13-11-19)16-25-22-7-5-6-8-23(22)30(28,29)26(24(25)27)21-14-9-17(2)15-18(21)3/h4-15H,1,16H2,2-3H3. The Morgan fingerprint density at radius 3 is 2.30 bits per heavy atom. The second kappa shape index (κ2) is 7.46. The Hall–Kier alpha value is -3.38. The quantitative estimate of drug-likeness (QED) is 0.579. The van der Waals surface area contributed by atoms with Gasteiger partial charge in [-0.25, -0.2) is 13.2 Å². The van der Waals surface area contributed by atoms with Crippen molar-refractivity contribution in [2.75, 3.05) is 9.21 Å². The van der Waals surface area contributed by atoms with E-state index in [1.54, 1.807) is 36.4 Å². The maximum absolute atomic E-state index is 13.5. The largest absolute Gasteiger partial charge is 0.343 e. The van der Waals surface area contributed by atoms with Gasteiger partial charge >= 0.3 is 6.03 Å². The van der Waals surface area contributed by atoms with Gasteiger partial charge in [0.15, 0.2) is 0 Å². The van der Waals surface area contributed by atoms with Gasteiger partial charge in [0.2, 0.25) is 0 Å². The predicted octanol–water partition coefficient (Wildman–Crippen LogP) is 5.28. The van der Waals surface area contributed by atoms with Crippen molar-refractivity contribution >= 4 is 33.5 Å². The summed E-state index contributed by atoms with van der Waals surface area (Å²) in [5.74, 6) is 0. The van der Waals surface area contributed by atoms with Crippen molar-refractivity contribution < 1.29 is 13.2 Å². The van der Waals surface area contributed by atoms with E-state index < -0.39 is 16.1 Å². The van der Waals surface area contributed by atoms with Crippen LogP contribution in [0.5, 0.6) is 0 Å². The molecule has 6 heteroatoms. The number of amides is 2. The zero-order valence-corrected chi connectivity index (χ0v) is 17.7. The Bertz CT molecular complexity index is 1250. The van der Waals surface area contributed by atoms with Crippen LogP contribution in [-0.4, -0.2) is 14.4 Å². The molecule has 0 N–H and O–H groups in total. The number of anilines is 2. The molecule has 30 heavy (non-hydrogen) atoms. The summed E-state index contributed by atoms with van der Waals surface area (Å²) in [6.07, 6.45) is 1.75. The van der Waals surface area contributed by atoms with E-state index in [1.807, 2.05) is 50.2 Å². The lowest BCUT2D eigenvalue weighted by Crippen LogP contribution is -2.51. The van der Waals surface area contributed by atoms with Gasteiger partial charge in [-0.3, -0.25) is 4.90 Å². The molecular formula is C24H22N2O3S. The van der Waals surface area contributed by atoms with Gasteiger partial charge in [0.25, 0.3) is 10.0 Å². The molecule has 3 aromatic rings. The van der Waals surface area contributed by atoms with Crippen LogP contribution >= 0.6 is 0 Å². The van der Waals surface area contributed by atoms with Crippen LogP contribution in [-0.2, 0) is 16.6 Å². The molecule has 0 fully saturated rings. The maximum Gasteiger partial charge on any atom is 0.343 e. The highest BCUT2D eigenvalue weighted by Crippen LogP contribution is 2.39. The van der Waals surface area contributed by atoms with E-state index in [9.17, 15) is 13.2 Å². The van der Waals surface area contributed by atoms with Crippen LogP contribution in [0.25, 0.3) is 6.08 Å². The van der Waals surface area contributed by atoms with Gasteiger partial charge < -0.3 is 0 Å².